The average molecular weight is 409 g/mol. The SMILES string of the molecule is O=C(NCc1nc(N2CCCC2)nc(N2CCOCC2)n1)c1ccc(Cl)s1. The minimum Gasteiger partial charge on any atom is -0.378 e. The zero-order valence-electron chi connectivity index (χ0n) is 14.9. The summed E-state index contributed by atoms with van der Waals surface area (Å²) in [6.07, 6.45) is 2.29. The summed E-state index contributed by atoms with van der Waals surface area (Å²) < 4.78 is 6.01. The molecule has 2 aromatic heterocycles. The molecule has 2 aliphatic rings. The molecule has 27 heavy (non-hydrogen) atoms. The second-order valence-electron chi connectivity index (χ2n) is 6.43. The molecule has 1 amide bonds. The predicted octanol–water partition coefficient (Wildman–Crippen LogP) is 1.95. The van der Waals surface area contributed by atoms with Crippen LogP contribution in [0.2, 0.25) is 4.34 Å². The fourth-order valence-electron chi connectivity index (χ4n) is 3.12. The van der Waals surface area contributed by atoms with Gasteiger partial charge in [0.15, 0.2) is 5.82 Å². The molecule has 2 aliphatic heterocycles. The number of morpholine rings is 1. The molecular weight excluding hydrogens is 388 g/mol. The lowest BCUT2D eigenvalue weighted by Crippen LogP contribution is -2.38. The molecule has 0 aromatic carbocycles. The Hall–Kier alpha value is -1.97. The zero-order valence-corrected chi connectivity index (χ0v) is 16.4. The second kappa shape index (κ2) is 8.37. The van der Waals surface area contributed by atoms with Crippen LogP contribution >= 0.6 is 22.9 Å². The maximum atomic E-state index is 12.3. The molecule has 1 N–H and O–H groups in total. The Balaban J connectivity index is 1.52. The molecule has 8 nitrogen and oxygen atoms in total. The van der Waals surface area contributed by atoms with Gasteiger partial charge in [0.1, 0.15) is 0 Å². The molecule has 2 fully saturated rings. The Bertz CT molecular complexity index is 804. The summed E-state index contributed by atoms with van der Waals surface area (Å²) in [6, 6.07) is 3.43. The normalized spacial score (nSPS) is 17.4. The van der Waals surface area contributed by atoms with Crippen LogP contribution in [0.1, 0.15) is 28.3 Å². The first-order chi connectivity index (χ1) is 13.2. The molecule has 144 valence electrons. The van der Waals surface area contributed by atoms with Crippen LogP contribution < -0.4 is 15.1 Å². The van der Waals surface area contributed by atoms with Crippen LogP contribution in [0.15, 0.2) is 12.1 Å². The minimum absolute atomic E-state index is 0.178. The molecule has 0 saturated carbocycles. The summed E-state index contributed by atoms with van der Waals surface area (Å²) in [5.74, 6) is 1.72. The van der Waals surface area contributed by atoms with Gasteiger partial charge in [-0.3, -0.25) is 4.79 Å². The first-order valence-corrected chi connectivity index (χ1v) is 10.2. The highest BCUT2D eigenvalue weighted by atomic mass is 35.5. The molecule has 0 aliphatic carbocycles. The van der Waals surface area contributed by atoms with Crippen LogP contribution in [-0.4, -0.2) is 60.3 Å². The highest BCUT2D eigenvalue weighted by molar-refractivity contribution is 7.17. The third-order valence-corrected chi connectivity index (χ3v) is 5.77. The van der Waals surface area contributed by atoms with E-state index in [1.807, 2.05) is 0 Å². The van der Waals surface area contributed by atoms with E-state index < -0.39 is 0 Å². The van der Waals surface area contributed by atoms with E-state index in [1.54, 1.807) is 12.1 Å². The van der Waals surface area contributed by atoms with Gasteiger partial charge in [-0.05, 0) is 25.0 Å². The number of ether oxygens (including phenoxy) is 1. The summed E-state index contributed by atoms with van der Waals surface area (Å²) in [5.41, 5.74) is 0. The van der Waals surface area contributed by atoms with Gasteiger partial charge < -0.3 is 19.9 Å². The lowest BCUT2D eigenvalue weighted by molar-refractivity contribution is 0.0954. The molecule has 2 saturated heterocycles. The van der Waals surface area contributed by atoms with Gasteiger partial charge in [-0.15, -0.1) is 11.3 Å². The van der Waals surface area contributed by atoms with E-state index >= 15 is 0 Å². The second-order valence-corrected chi connectivity index (χ2v) is 8.15. The van der Waals surface area contributed by atoms with Gasteiger partial charge in [0, 0.05) is 26.2 Å². The van der Waals surface area contributed by atoms with Crippen molar-refractivity contribution in [2.75, 3.05) is 49.2 Å². The smallest absolute Gasteiger partial charge is 0.261 e. The molecule has 4 heterocycles. The number of thiophene rings is 1. The minimum atomic E-state index is -0.178. The zero-order chi connectivity index (χ0) is 18.6. The number of hydrogen-bond donors (Lipinski definition) is 1. The molecule has 0 spiro atoms. The van der Waals surface area contributed by atoms with Gasteiger partial charge in [0.25, 0.3) is 5.91 Å². The van der Waals surface area contributed by atoms with E-state index in [2.05, 4.69) is 30.1 Å². The van der Waals surface area contributed by atoms with Crippen molar-refractivity contribution in [3.8, 4) is 0 Å². The Labute approximate surface area is 166 Å². The average Bonchev–Trinajstić information content (AvgIpc) is 3.38. The monoisotopic (exact) mass is 408 g/mol. The summed E-state index contributed by atoms with van der Waals surface area (Å²) in [6.45, 7) is 4.98. The fourth-order valence-corrected chi connectivity index (χ4v) is 4.08. The third kappa shape index (κ3) is 4.48. The molecule has 10 heteroatoms. The summed E-state index contributed by atoms with van der Waals surface area (Å²) in [7, 11) is 0. The molecule has 0 unspecified atom stereocenters. The van der Waals surface area contributed by atoms with Crippen molar-refractivity contribution >= 4 is 40.7 Å². The molecule has 0 radical (unpaired) electrons. The van der Waals surface area contributed by atoms with Gasteiger partial charge in [-0.25, -0.2) is 0 Å². The summed E-state index contributed by atoms with van der Waals surface area (Å²) in [4.78, 5) is 31.0. The Morgan fingerprint density at radius 1 is 1.07 bits per heavy atom. The number of carbonyl (C=O) groups excluding carboxylic acids is 1. The Morgan fingerprint density at radius 3 is 2.37 bits per heavy atom. The number of halogens is 1. The van der Waals surface area contributed by atoms with E-state index in [9.17, 15) is 4.79 Å². The number of anilines is 2. The number of nitrogens with one attached hydrogen (secondary N) is 1. The lowest BCUT2D eigenvalue weighted by atomic mass is 10.4. The van der Waals surface area contributed by atoms with Gasteiger partial charge in [-0.1, -0.05) is 11.6 Å². The molecule has 0 bridgehead atoms. The number of rotatable bonds is 5. The van der Waals surface area contributed by atoms with Crippen molar-refractivity contribution in [1.29, 1.82) is 0 Å². The van der Waals surface area contributed by atoms with Crippen molar-refractivity contribution in [2.45, 2.75) is 19.4 Å². The van der Waals surface area contributed by atoms with Crippen LogP contribution in [0.4, 0.5) is 11.9 Å². The van der Waals surface area contributed by atoms with Gasteiger partial charge in [0.05, 0.1) is 29.0 Å². The van der Waals surface area contributed by atoms with Gasteiger partial charge in [-0.2, -0.15) is 15.0 Å². The standard InChI is InChI=1S/C17H21ClN6O2S/c18-13-4-3-12(27-13)15(25)19-11-14-20-16(23-5-1-2-6-23)22-17(21-14)24-7-9-26-10-8-24/h3-4H,1-2,5-11H2,(H,19,25). The quantitative estimate of drug-likeness (QED) is 0.809. The maximum absolute atomic E-state index is 12.3. The lowest BCUT2D eigenvalue weighted by Gasteiger charge is -2.28. The first kappa shape index (κ1) is 18.4. The molecular formula is C17H21ClN6O2S. The Morgan fingerprint density at radius 2 is 1.74 bits per heavy atom. The van der Waals surface area contributed by atoms with Crippen LogP contribution in [0.5, 0.6) is 0 Å². The maximum Gasteiger partial charge on any atom is 0.261 e. The van der Waals surface area contributed by atoms with Gasteiger partial charge >= 0.3 is 0 Å². The van der Waals surface area contributed by atoms with E-state index in [0.717, 1.165) is 39.0 Å². The van der Waals surface area contributed by atoms with E-state index in [4.69, 9.17) is 16.3 Å². The molecule has 0 atom stereocenters. The van der Waals surface area contributed by atoms with E-state index in [-0.39, 0.29) is 12.5 Å². The fraction of sp³-hybridized carbons (Fsp3) is 0.529. The van der Waals surface area contributed by atoms with Crippen LogP contribution in [-0.2, 0) is 11.3 Å². The van der Waals surface area contributed by atoms with E-state index in [0.29, 0.717) is 40.1 Å². The number of amides is 1. The highest BCUT2D eigenvalue weighted by Gasteiger charge is 2.21. The largest absolute Gasteiger partial charge is 0.378 e. The summed E-state index contributed by atoms with van der Waals surface area (Å²) >= 11 is 7.16. The number of carbonyl (C=O) groups is 1. The van der Waals surface area contributed by atoms with Crippen LogP contribution in [0, 0.1) is 0 Å². The van der Waals surface area contributed by atoms with Crippen molar-refractivity contribution in [2.24, 2.45) is 0 Å². The van der Waals surface area contributed by atoms with Crippen molar-refractivity contribution in [3.05, 3.63) is 27.2 Å². The molecule has 2 aromatic rings. The highest BCUT2D eigenvalue weighted by Crippen LogP contribution is 2.22. The Kier molecular flexibility index (Phi) is 5.70. The van der Waals surface area contributed by atoms with Crippen molar-refractivity contribution in [3.63, 3.8) is 0 Å². The van der Waals surface area contributed by atoms with Crippen molar-refractivity contribution < 1.29 is 9.53 Å². The molecule has 4 rings (SSSR count). The number of nitrogens with zero attached hydrogens (tertiary/aromatic N) is 5. The predicted molar refractivity (Wildman–Crippen MR) is 105 cm³/mol. The first-order valence-electron chi connectivity index (χ1n) is 9.05. The number of aromatic nitrogens is 3. The summed E-state index contributed by atoms with van der Waals surface area (Å²) in [5, 5.41) is 2.87. The number of hydrogen-bond acceptors (Lipinski definition) is 8. The van der Waals surface area contributed by atoms with Crippen LogP contribution in [0.25, 0.3) is 0 Å². The van der Waals surface area contributed by atoms with Gasteiger partial charge in [0.2, 0.25) is 11.9 Å². The third-order valence-electron chi connectivity index (χ3n) is 4.54. The topological polar surface area (TPSA) is 83.5 Å². The van der Waals surface area contributed by atoms with Crippen LogP contribution in [0.3, 0.4) is 0 Å². The van der Waals surface area contributed by atoms with E-state index in [1.165, 1.54) is 11.3 Å². The van der Waals surface area contributed by atoms with Crippen molar-refractivity contribution in [1.82, 2.24) is 20.3 Å².